The number of thioether (sulfide) groups is 1. The van der Waals surface area contributed by atoms with E-state index in [2.05, 4.69) is 15.9 Å². The van der Waals surface area contributed by atoms with Gasteiger partial charge in [0.25, 0.3) is 5.69 Å². The van der Waals surface area contributed by atoms with Crippen molar-refractivity contribution in [3.63, 3.8) is 0 Å². The average molecular weight is 283 g/mol. The van der Waals surface area contributed by atoms with E-state index in [1.165, 1.54) is 17.8 Å². The van der Waals surface area contributed by atoms with Crippen molar-refractivity contribution in [1.29, 1.82) is 0 Å². The van der Waals surface area contributed by atoms with Gasteiger partial charge in [0.15, 0.2) is 0 Å². The fourth-order valence-electron chi connectivity index (χ4n) is 0.832. The molecule has 1 rings (SSSR count). The molecule has 0 bridgehead atoms. The summed E-state index contributed by atoms with van der Waals surface area (Å²) >= 11 is 10.3. The lowest BCUT2D eigenvalue weighted by atomic mass is 10.3. The summed E-state index contributed by atoms with van der Waals surface area (Å²) in [7, 11) is 0. The first-order chi connectivity index (χ1) is 6.06. The summed E-state index contributed by atoms with van der Waals surface area (Å²) in [6.45, 7) is 0. The molecule has 13 heavy (non-hydrogen) atoms. The molecule has 6 heteroatoms. The molecule has 0 aliphatic carbocycles. The normalized spacial score (nSPS) is 10.1. The van der Waals surface area contributed by atoms with Crippen LogP contribution in [0.3, 0.4) is 0 Å². The standard InChI is InChI=1S/C7H5BrClNO2S/c1-13-6-3-4(8)2-5(7(6)9)10(11)12/h2-3H,1H3. The molecule has 0 saturated heterocycles. The highest BCUT2D eigenvalue weighted by Gasteiger charge is 2.16. The van der Waals surface area contributed by atoms with Crippen molar-refractivity contribution < 1.29 is 4.92 Å². The fourth-order valence-corrected chi connectivity index (χ4v) is 2.37. The third-order valence-electron chi connectivity index (χ3n) is 1.40. The Bertz CT molecular complexity index is 359. The molecule has 0 saturated carbocycles. The maximum Gasteiger partial charge on any atom is 0.290 e. The number of hydrogen-bond donors (Lipinski definition) is 0. The molecular formula is C7H5BrClNO2S. The molecule has 70 valence electrons. The monoisotopic (exact) mass is 281 g/mol. The lowest BCUT2D eigenvalue weighted by molar-refractivity contribution is -0.385. The maximum atomic E-state index is 10.5. The highest BCUT2D eigenvalue weighted by atomic mass is 79.9. The smallest absolute Gasteiger partial charge is 0.258 e. The molecule has 0 aliphatic heterocycles. The topological polar surface area (TPSA) is 43.1 Å². The van der Waals surface area contributed by atoms with Crippen LogP contribution in [0.5, 0.6) is 0 Å². The van der Waals surface area contributed by atoms with Crippen LogP contribution >= 0.6 is 39.3 Å². The van der Waals surface area contributed by atoms with Crippen LogP contribution in [0.4, 0.5) is 5.69 Å². The van der Waals surface area contributed by atoms with Gasteiger partial charge in [0.1, 0.15) is 5.02 Å². The number of hydrogen-bond acceptors (Lipinski definition) is 3. The van der Waals surface area contributed by atoms with Crippen LogP contribution in [0.15, 0.2) is 21.5 Å². The summed E-state index contributed by atoms with van der Waals surface area (Å²) in [6.07, 6.45) is 1.82. The summed E-state index contributed by atoms with van der Waals surface area (Å²) in [5.74, 6) is 0. The van der Waals surface area contributed by atoms with Crippen LogP contribution in [-0.4, -0.2) is 11.2 Å². The van der Waals surface area contributed by atoms with E-state index in [0.717, 1.165) is 0 Å². The van der Waals surface area contributed by atoms with Gasteiger partial charge in [-0.25, -0.2) is 0 Å². The van der Waals surface area contributed by atoms with Crippen molar-refractivity contribution in [2.75, 3.05) is 6.26 Å². The number of rotatable bonds is 2. The average Bonchev–Trinajstić information content (AvgIpc) is 2.08. The largest absolute Gasteiger partial charge is 0.290 e. The number of nitrogens with zero attached hydrogens (tertiary/aromatic N) is 1. The zero-order valence-electron chi connectivity index (χ0n) is 6.58. The molecule has 0 atom stereocenters. The van der Waals surface area contributed by atoms with E-state index in [0.29, 0.717) is 9.37 Å². The Hall–Kier alpha value is -0.260. The van der Waals surface area contributed by atoms with E-state index in [1.54, 1.807) is 6.07 Å². The first-order valence-electron chi connectivity index (χ1n) is 3.23. The van der Waals surface area contributed by atoms with Crippen molar-refractivity contribution in [2.24, 2.45) is 0 Å². The predicted octanol–water partition coefficient (Wildman–Crippen LogP) is 3.73. The molecular weight excluding hydrogens is 278 g/mol. The van der Waals surface area contributed by atoms with E-state index in [-0.39, 0.29) is 10.7 Å². The van der Waals surface area contributed by atoms with Gasteiger partial charge in [-0.1, -0.05) is 27.5 Å². The number of halogens is 2. The fraction of sp³-hybridized carbons (Fsp3) is 0.143. The van der Waals surface area contributed by atoms with Crippen molar-refractivity contribution in [3.05, 3.63) is 31.7 Å². The number of nitro groups is 1. The summed E-state index contributed by atoms with van der Waals surface area (Å²) in [5.41, 5.74) is -0.0691. The summed E-state index contributed by atoms with van der Waals surface area (Å²) < 4.78 is 0.660. The van der Waals surface area contributed by atoms with Crippen molar-refractivity contribution in [2.45, 2.75) is 4.90 Å². The predicted molar refractivity (Wildman–Crippen MR) is 57.6 cm³/mol. The molecule has 0 unspecified atom stereocenters. The van der Waals surface area contributed by atoms with Crippen molar-refractivity contribution in [1.82, 2.24) is 0 Å². The molecule has 0 aromatic heterocycles. The molecule has 0 fully saturated rings. The Balaban J connectivity index is 3.35. The summed E-state index contributed by atoms with van der Waals surface area (Å²) in [5, 5.41) is 10.7. The van der Waals surface area contributed by atoms with Gasteiger partial charge in [-0.2, -0.15) is 0 Å². The van der Waals surface area contributed by atoms with E-state index < -0.39 is 4.92 Å². The summed E-state index contributed by atoms with van der Waals surface area (Å²) in [6, 6.07) is 3.14. The third kappa shape index (κ3) is 2.36. The van der Waals surface area contributed by atoms with Crippen molar-refractivity contribution >= 4 is 45.0 Å². The molecule has 1 aromatic rings. The minimum Gasteiger partial charge on any atom is -0.258 e. The van der Waals surface area contributed by atoms with Gasteiger partial charge in [0.2, 0.25) is 0 Å². The zero-order valence-corrected chi connectivity index (χ0v) is 9.74. The quantitative estimate of drug-likeness (QED) is 0.471. The maximum absolute atomic E-state index is 10.5. The number of benzene rings is 1. The third-order valence-corrected chi connectivity index (χ3v) is 3.13. The van der Waals surface area contributed by atoms with Crippen LogP contribution in [0, 0.1) is 10.1 Å². The molecule has 0 aliphatic rings. The van der Waals surface area contributed by atoms with Crippen LogP contribution in [0.2, 0.25) is 5.02 Å². The molecule has 0 heterocycles. The minimum atomic E-state index is -0.493. The van der Waals surface area contributed by atoms with Gasteiger partial charge in [-0.15, -0.1) is 11.8 Å². The molecule has 3 nitrogen and oxygen atoms in total. The lowest BCUT2D eigenvalue weighted by Crippen LogP contribution is -1.90. The Morgan fingerprint density at radius 1 is 1.62 bits per heavy atom. The van der Waals surface area contributed by atoms with Gasteiger partial charge in [0, 0.05) is 15.4 Å². The lowest BCUT2D eigenvalue weighted by Gasteiger charge is -2.01. The minimum absolute atomic E-state index is 0.0691. The van der Waals surface area contributed by atoms with Gasteiger partial charge in [-0.3, -0.25) is 10.1 Å². The van der Waals surface area contributed by atoms with E-state index >= 15 is 0 Å². The van der Waals surface area contributed by atoms with Crippen LogP contribution in [0.25, 0.3) is 0 Å². The van der Waals surface area contributed by atoms with Crippen molar-refractivity contribution in [3.8, 4) is 0 Å². The Morgan fingerprint density at radius 3 is 2.69 bits per heavy atom. The van der Waals surface area contributed by atoms with Crippen LogP contribution in [-0.2, 0) is 0 Å². The van der Waals surface area contributed by atoms with E-state index in [9.17, 15) is 10.1 Å². The molecule has 0 amide bonds. The van der Waals surface area contributed by atoms with E-state index in [1.807, 2.05) is 6.26 Å². The molecule has 0 radical (unpaired) electrons. The Morgan fingerprint density at radius 2 is 2.23 bits per heavy atom. The van der Waals surface area contributed by atoms with E-state index in [4.69, 9.17) is 11.6 Å². The first-order valence-corrected chi connectivity index (χ1v) is 5.63. The first kappa shape index (κ1) is 10.8. The molecule has 1 aromatic carbocycles. The van der Waals surface area contributed by atoms with Crippen LogP contribution in [0.1, 0.15) is 0 Å². The van der Waals surface area contributed by atoms with Gasteiger partial charge in [-0.05, 0) is 12.3 Å². The Labute approximate surface area is 92.7 Å². The second kappa shape index (κ2) is 4.30. The molecule has 0 N–H and O–H groups in total. The van der Waals surface area contributed by atoms with Gasteiger partial charge in [0.05, 0.1) is 4.92 Å². The highest BCUT2D eigenvalue weighted by molar-refractivity contribution is 9.10. The van der Waals surface area contributed by atoms with Crippen LogP contribution < -0.4 is 0 Å². The zero-order chi connectivity index (χ0) is 10.0. The summed E-state index contributed by atoms with van der Waals surface area (Å²) in [4.78, 5) is 10.7. The SMILES string of the molecule is CSc1cc(Br)cc([N+](=O)[O-])c1Cl. The van der Waals surface area contributed by atoms with Gasteiger partial charge < -0.3 is 0 Å². The second-order valence-corrected chi connectivity index (χ2v) is 4.34. The second-order valence-electron chi connectivity index (χ2n) is 2.20. The number of nitro benzene ring substituents is 1. The Kier molecular flexibility index (Phi) is 3.58. The van der Waals surface area contributed by atoms with Gasteiger partial charge >= 0.3 is 0 Å². The molecule has 0 spiro atoms. The highest BCUT2D eigenvalue weighted by Crippen LogP contribution is 2.36.